The summed E-state index contributed by atoms with van der Waals surface area (Å²) in [6.45, 7) is 10.4. The molecule has 3 heteroatoms. The summed E-state index contributed by atoms with van der Waals surface area (Å²) < 4.78 is 0. The summed E-state index contributed by atoms with van der Waals surface area (Å²) in [6.07, 6.45) is 1.15. The summed E-state index contributed by atoms with van der Waals surface area (Å²) in [7, 11) is 0. The molecule has 1 aliphatic rings. The van der Waals surface area contributed by atoms with Gasteiger partial charge in [0.2, 0.25) is 0 Å². The summed E-state index contributed by atoms with van der Waals surface area (Å²) in [5, 5.41) is 0. The second-order valence-electron chi connectivity index (χ2n) is 5.06. The van der Waals surface area contributed by atoms with Crippen LogP contribution in [0.15, 0.2) is 24.3 Å². The molecular weight excluding hydrogens is 222 g/mol. The Bertz CT molecular complexity index is 370. The zero-order valence-electron chi connectivity index (χ0n) is 11.6. The largest absolute Gasteiger partial charge is 0.399 e. The Morgan fingerprint density at radius 1 is 1.17 bits per heavy atom. The van der Waals surface area contributed by atoms with Gasteiger partial charge in [-0.15, -0.1) is 0 Å². The minimum absolute atomic E-state index is 0.521. The van der Waals surface area contributed by atoms with Crippen molar-refractivity contribution in [3.63, 3.8) is 0 Å². The van der Waals surface area contributed by atoms with Crippen molar-refractivity contribution in [3.05, 3.63) is 29.8 Å². The van der Waals surface area contributed by atoms with Crippen molar-refractivity contribution in [1.82, 2.24) is 9.80 Å². The normalized spacial score (nSPS) is 19.9. The molecule has 0 aliphatic carbocycles. The van der Waals surface area contributed by atoms with Crippen LogP contribution in [0.2, 0.25) is 0 Å². The highest BCUT2D eigenvalue weighted by Crippen LogP contribution is 2.26. The van der Waals surface area contributed by atoms with Gasteiger partial charge in [0, 0.05) is 37.9 Å². The zero-order chi connectivity index (χ0) is 13.0. The average Bonchev–Trinajstić information content (AvgIpc) is 2.40. The topological polar surface area (TPSA) is 32.5 Å². The first-order valence-corrected chi connectivity index (χ1v) is 7.06. The lowest BCUT2D eigenvalue weighted by Crippen LogP contribution is -2.47. The van der Waals surface area contributed by atoms with Crippen molar-refractivity contribution in [2.24, 2.45) is 0 Å². The third-order valence-corrected chi connectivity index (χ3v) is 3.98. The molecule has 2 N–H and O–H groups in total. The highest BCUT2D eigenvalue weighted by molar-refractivity contribution is 5.41. The second kappa shape index (κ2) is 6.21. The maximum Gasteiger partial charge on any atom is 0.0347 e. The van der Waals surface area contributed by atoms with Crippen molar-refractivity contribution in [3.8, 4) is 0 Å². The molecule has 1 aliphatic heterocycles. The van der Waals surface area contributed by atoms with Crippen molar-refractivity contribution in [2.45, 2.75) is 26.3 Å². The number of rotatable bonds is 4. The summed E-state index contributed by atoms with van der Waals surface area (Å²) in [5.74, 6) is 0. The van der Waals surface area contributed by atoms with Gasteiger partial charge in [0.25, 0.3) is 0 Å². The zero-order valence-corrected chi connectivity index (χ0v) is 11.6. The first kappa shape index (κ1) is 13.4. The Hall–Kier alpha value is -1.06. The molecule has 0 saturated carbocycles. The van der Waals surface area contributed by atoms with E-state index in [1.807, 2.05) is 6.07 Å². The summed E-state index contributed by atoms with van der Waals surface area (Å²) in [6, 6.07) is 8.88. The van der Waals surface area contributed by atoms with Crippen LogP contribution in [0.3, 0.4) is 0 Å². The van der Waals surface area contributed by atoms with Gasteiger partial charge in [-0.1, -0.05) is 26.0 Å². The minimum atomic E-state index is 0.521. The lowest BCUT2D eigenvalue weighted by Gasteiger charge is -2.39. The van der Waals surface area contributed by atoms with Crippen molar-refractivity contribution >= 4 is 5.69 Å². The number of hydrogen-bond donors (Lipinski definition) is 1. The van der Waals surface area contributed by atoms with Gasteiger partial charge in [0.15, 0.2) is 0 Å². The second-order valence-corrected chi connectivity index (χ2v) is 5.06. The van der Waals surface area contributed by atoms with E-state index in [1.165, 1.54) is 38.3 Å². The summed E-state index contributed by atoms with van der Waals surface area (Å²) >= 11 is 0. The Labute approximate surface area is 111 Å². The van der Waals surface area contributed by atoms with Gasteiger partial charge in [-0.2, -0.15) is 0 Å². The molecule has 1 heterocycles. The van der Waals surface area contributed by atoms with Gasteiger partial charge in [-0.25, -0.2) is 0 Å². The van der Waals surface area contributed by atoms with Crippen LogP contribution < -0.4 is 5.73 Å². The SMILES string of the molecule is CCC(c1cccc(N)c1)N1CCN(CC)CC1. The number of nitrogens with two attached hydrogens (primary N) is 1. The monoisotopic (exact) mass is 247 g/mol. The fourth-order valence-electron chi connectivity index (χ4n) is 2.86. The first-order valence-electron chi connectivity index (χ1n) is 7.06. The van der Waals surface area contributed by atoms with Gasteiger partial charge in [0.1, 0.15) is 0 Å². The molecule has 1 saturated heterocycles. The highest BCUT2D eigenvalue weighted by Gasteiger charge is 2.23. The van der Waals surface area contributed by atoms with E-state index in [-0.39, 0.29) is 0 Å². The average molecular weight is 247 g/mol. The van der Waals surface area contributed by atoms with Crippen molar-refractivity contribution in [2.75, 3.05) is 38.5 Å². The Kier molecular flexibility index (Phi) is 4.61. The number of benzene rings is 1. The third kappa shape index (κ3) is 3.03. The number of piperazine rings is 1. The van der Waals surface area contributed by atoms with E-state index in [0.29, 0.717) is 6.04 Å². The van der Waals surface area contributed by atoms with Crippen LogP contribution >= 0.6 is 0 Å². The molecule has 0 aromatic heterocycles. The van der Waals surface area contributed by atoms with E-state index in [9.17, 15) is 0 Å². The predicted octanol–water partition coefficient (Wildman–Crippen LogP) is 2.36. The summed E-state index contributed by atoms with van der Waals surface area (Å²) in [5.41, 5.74) is 8.13. The van der Waals surface area contributed by atoms with E-state index >= 15 is 0 Å². The molecule has 1 fully saturated rings. The Morgan fingerprint density at radius 3 is 2.44 bits per heavy atom. The van der Waals surface area contributed by atoms with Gasteiger partial charge in [-0.05, 0) is 30.7 Å². The maximum absolute atomic E-state index is 5.90. The van der Waals surface area contributed by atoms with E-state index in [2.05, 4.69) is 41.8 Å². The van der Waals surface area contributed by atoms with Crippen LogP contribution in [0.5, 0.6) is 0 Å². The van der Waals surface area contributed by atoms with Crippen LogP contribution in [0.1, 0.15) is 31.9 Å². The molecule has 2 rings (SSSR count). The van der Waals surface area contributed by atoms with Crippen molar-refractivity contribution in [1.29, 1.82) is 0 Å². The first-order chi connectivity index (χ1) is 8.74. The van der Waals surface area contributed by atoms with Crippen LogP contribution in [-0.4, -0.2) is 42.5 Å². The quantitative estimate of drug-likeness (QED) is 0.829. The molecule has 1 aromatic carbocycles. The number of anilines is 1. The molecule has 0 spiro atoms. The molecule has 1 aromatic rings. The Morgan fingerprint density at radius 2 is 1.89 bits per heavy atom. The molecule has 0 radical (unpaired) electrons. The molecule has 100 valence electrons. The summed E-state index contributed by atoms with van der Waals surface area (Å²) in [4.78, 5) is 5.11. The van der Waals surface area contributed by atoms with Gasteiger partial charge >= 0.3 is 0 Å². The minimum Gasteiger partial charge on any atom is -0.399 e. The number of likely N-dealkylation sites (N-methyl/N-ethyl adjacent to an activating group) is 1. The van der Waals surface area contributed by atoms with Crippen LogP contribution in [0.4, 0.5) is 5.69 Å². The van der Waals surface area contributed by atoms with E-state index < -0.39 is 0 Å². The van der Waals surface area contributed by atoms with Crippen LogP contribution in [-0.2, 0) is 0 Å². The maximum atomic E-state index is 5.90. The lowest BCUT2D eigenvalue weighted by molar-refractivity contribution is 0.0971. The van der Waals surface area contributed by atoms with E-state index in [4.69, 9.17) is 5.73 Å². The smallest absolute Gasteiger partial charge is 0.0347 e. The van der Waals surface area contributed by atoms with Gasteiger partial charge in [-0.3, -0.25) is 4.90 Å². The van der Waals surface area contributed by atoms with Crippen molar-refractivity contribution < 1.29 is 0 Å². The lowest BCUT2D eigenvalue weighted by atomic mass is 10.0. The molecule has 1 unspecified atom stereocenters. The molecule has 3 nitrogen and oxygen atoms in total. The van der Waals surface area contributed by atoms with Crippen LogP contribution in [0, 0.1) is 0 Å². The number of hydrogen-bond acceptors (Lipinski definition) is 3. The Balaban J connectivity index is 2.05. The molecule has 0 bridgehead atoms. The highest BCUT2D eigenvalue weighted by atomic mass is 15.3. The molecule has 0 amide bonds. The molecule has 1 atom stereocenters. The third-order valence-electron chi connectivity index (χ3n) is 3.98. The predicted molar refractivity (Wildman–Crippen MR) is 77.6 cm³/mol. The molecular formula is C15H25N3. The van der Waals surface area contributed by atoms with E-state index in [0.717, 1.165) is 12.1 Å². The molecule has 18 heavy (non-hydrogen) atoms. The number of nitrogens with zero attached hydrogens (tertiary/aromatic N) is 2. The fraction of sp³-hybridized carbons (Fsp3) is 0.600. The van der Waals surface area contributed by atoms with Gasteiger partial charge in [0.05, 0.1) is 0 Å². The fourth-order valence-corrected chi connectivity index (χ4v) is 2.86. The van der Waals surface area contributed by atoms with Gasteiger partial charge < -0.3 is 10.6 Å². The van der Waals surface area contributed by atoms with E-state index in [1.54, 1.807) is 0 Å². The van der Waals surface area contributed by atoms with Crippen LogP contribution in [0.25, 0.3) is 0 Å². The number of nitrogen functional groups attached to an aromatic ring is 1. The standard InChI is InChI=1S/C15H25N3/c1-3-15(13-6-5-7-14(16)12-13)18-10-8-17(4-2)9-11-18/h5-7,12,15H,3-4,8-11,16H2,1-2H3.